The molecule has 2 rings (SSSR count). The number of hydrazone groups is 1. The average Bonchev–Trinajstić information content (AvgIpc) is 2.69. The van der Waals surface area contributed by atoms with Crippen molar-refractivity contribution in [2.24, 2.45) is 5.10 Å². The number of rotatable bonds is 8. The van der Waals surface area contributed by atoms with Gasteiger partial charge in [-0.15, -0.1) is 0 Å². The zero-order valence-electron chi connectivity index (χ0n) is 16.5. The lowest BCUT2D eigenvalue weighted by atomic mass is 10.0. The Morgan fingerprint density at radius 2 is 1.75 bits per heavy atom. The van der Waals surface area contributed by atoms with Gasteiger partial charge in [0.25, 0.3) is 5.91 Å². The molecular weight excluding hydrogens is 354 g/mol. The SMILES string of the molecule is CCOC(=O)N[C@H](Cc1ccccc1)C(=O)N/N=C\c1ccc(C(C)C)cc1. The molecule has 0 radical (unpaired) electrons. The molecule has 28 heavy (non-hydrogen) atoms. The maximum atomic E-state index is 12.5. The summed E-state index contributed by atoms with van der Waals surface area (Å²) in [5.74, 6) is 0.0466. The van der Waals surface area contributed by atoms with Gasteiger partial charge in [-0.2, -0.15) is 5.10 Å². The van der Waals surface area contributed by atoms with Gasteiger partial charge in [-0.25, -0.2) is 10.2 Å². The third kappa shape index (κ3) is 6.87. The highest BCUT2D eigenvalue weighted by Crippen LogP contribution is 2.13. The van der Waals surface area contributed by atoms with Gasteiger partial charge in [-0.3, -0.25) is 4.79 Å². The van der Waals surface area contributed by atoms with Crippen LogP contribution in [0.3, 0.4) is 0 Å². The van der Waals surface area contributed by atoms with E-state index in [1.807, 2.05) is 54.6 Å². The Morgan fingerprint density at radius 3 is 2.36 bits per heavy atom. The molecule has 148 valence electrons. The molecule has 2 amide bonds. The standard InChI is InChI=1S/C22H27N3O3/c1-4-28-22(27)24-20(14-17-8-6-5-7-9-17)21(26)25-23-15-18-10-12-19(13-11-18)16(2)3/h5-13,15-16,20H,4,14H2,1-3H3,(H,24,27)(H,25,26)/b23-15-/t20-/m1/s1. The van der Waals surface area contributed by atoms with Crippen LogP contribution in [-0.2, 0) is 16.0 Å². The quantitative estimate of drug-likeness (QED) is 0.541. The molecular formula is C22H27N3O3. The van der Waals surface area contributed by atoms with Crippen LogP contribution < -0.4 is 10.7 Å². The zero-order valence-corrected chi connectivity index (χ0v) is 16.5. The summed E-state index contributed by atoms with van der Waals surface area (Å²) in [4.78, 5) is 24.3. The Morgan fingerprint density at radius 1 is 1.07 bits per heavy atom. The molecule has 0 heterocycles. The Hall–Kier alpha value is -3.15. The van der Waals surface area contributed by atoms with Crippen molar-refractivity contribution < 1.29 is 14.3 Å². The Bertz CT molecular complexity index is 786. The summed E-state index contributed by atoms with van der Waals surface area (Å²) < 4.78 is 4.90. The summed E-state index contributed by atoms with van der Waals surface area (Å²) >= 11 is 0. The monoisotopic (exact) mass is 381 g/mol. The van der Waals surface area contributed by atoms with E-state index in [0.717, 1.165) is 11.1 Å². The van der Waals surface area contributed by atoms with Gasteiger partial charge in [0.2, 0.25) is 0 Å². The Labute approximate surface area is 166 Å². The molecule has 0 spiro atoms. The van der Waals surface area contributed by atoms with Crippen molar-refractivity contribution in [1.82, 2.24) is 10.7 Å². The molecule has 1 atom stereocenters. The van der Waals surface area contributed by atoms with E-state index in [9.17, 15) is 9.59 Å². The highest BCUT2D eigenvalue weighted by Gasteiger charge is 2.21. The summed E-state index contributed by atoms with van der Waals surface area (Å²) in [6, 6.07) is 16.6. The highest BCUT2D eigenvalue weighted by atomic mass is 16.5. The maximum absolute atomic E-state index is 12.5. The normalized spacial score (nSPS) is 12.0. The molecule has 0 aliphatic carbocycles. The number of alkyl carbamates (subject to hydrolysis) is 1. The molecule has 2 N–H and O–H groups in total. The van der Waals surface area contributed by atoms with E-state index in [2.05, 4.69) is 29.7 Å². The number of carbonyl (C=O) groups is 2. The summed E-state index contributed by atoms with van der Waals surface area (Å²) in [6.07, 6.45) is 1.28. The van der Waals surface area contributed by atoms with Gasteiger partial charge in [0, 0.05) is 6.42 Å². The zero-order chi connectivity index (χ0) is 20.4. The molecule has 0 aliphatic rings. The lowest BCUT2D eigenvalue weighted by Crippen LogP contribution is -2.47. The molecule has 0 aromatic heterocycles. The van der Waals surface area contributed by atoms with E-state index in [4.69, 9.17) is 4.74 Å². The molecule has 0 aliphatic heterocycles. The second kappa shape index (κ2) is 10.9. The number of ether oxygens (including phenoxy) is 1. The first-order valence-corrected chi connectivity index (χ1v) is 9.39. The van der Waals surface area contributed by atoms with Gasteiger partial charge >= 0.3 is 6.09 Å². The number of hydrogen-bond donors (Lipinski definition) is 2. The van der Waals surface area contributed by atoms with E-state index in [0.29, 0.717) is 12.3 Å². The minimum Gasteiger partial charge on any atom is -0.450 e. The fourth-order valence-electron chi connectivity index (χ4n) is 2.59. The van der Waals surface area contributed by atoms with E-state index >= 15 is 0 Å². The summed E-state index contributed by atoms with van der Waals surface area (Å²) in [5.41, 5.74) is 5.54. The number of nitrogens with one attached hydrogen (secondary N) is 2. The number of benzene rings is 2. The molecule has 6 nitrogen and oxygen atoms in total. The van der Waals surface area contributed by atoms with Gasteiger partial charge in [0.1, 0.15) is 6.04 Å². The topological polar surface area (TPSA) is 79.8 Å². The molecule has 2 aromatic carbocycles. The molecule has 0 saturated carbocycles. The van der Waals surface area contributed by atoms with Gasteiger partial charge in [-0.1, -0.05) is 68.4 Å². The number of amides is 2. The second-order valence-electron chi connectivity index (χ2n) is 6.66. The number of nitrogens with zero attached hydrogens (tertiary/aromatic N) is 1. The minimum absolute atomic E-state index is 0.232. The minimum atomic E-state index is -0.790. The first kappa shape index (κ1) is 21.2. The number of carbonyl (C=O) groups excluding carboxylic acids is 2. The van der Waals surface area contributed by atoms with Crippen LogP contribution in [-0.4, -0.2) is 30.9 Å². The van der Waals surface area contributed by atoms with Crippen LogP contribution in [0.1, 0.15) is 43.4 Å². The molecule has 6 heteroatoms. The second-order valence-corrected chi connectivity index (χ2v) is 6.66. The number of hydrogen-bond acceptors (Lipinski definition) is 4. The van der Waals surface area contributed by atoms with E-state index in [-0.39, 0.29) is 6.61 Å². The van der Waals surface area contributed by atoms with Crippen molar-refractivity contribution >= 4 is 18.2 Å². The van der Waals surface area contributed by atoms with Crippen molar-refractivity contribution in [2.75, 3.05) is 6.61 Å². The van der Waals surface area contributed by atoms with Gasteiger partial charge in [-0.05, 0) is 29.5 Å². The first-order valence-electron chi connectivity index (χ1n) is 9.39. The molecule has 0 fully saturated rings. The van der Waals surface area contributed by atoms with Crippen LogP contribution in [0.5, 0.6) is 0 Å². The van der Waals surface area contributed by atoms with Crippen molar-refractivity contribution in [2.45, 2.75) is 39.2 Å². The Balaban J connectivity index is 2.00. The van der Waals surface area contributed by atoms with Crippen molar-refractivity contribution in [3.63, 3.8) is 0 Å². The molecule has 0 saturated heterocycles. The van der Waals surface area contributed by atoms with Crippen molar-refractivity contribution in [3.05, 3.63) is 71.3 Å². The lowest BCUT2D eigenvalue weighted by molar-refractivity contribution is -0.123. The highest BCUT2D eigenvalue weighted by molar-refractivity contribution is 5.87. The third-order valence-electron chi connectivity index (χ3n) is 4.16. The molecule has 0 unspecified atom stereocenters. The lowest BCUT2D eigenvalue weighted by Gasteiger charge is -2.16. The predicted molar refractivity (Wildman–Crippen MR) is 110 cm³/mol. The predicted octanol–water partition coefficient (Wildman–Crippen LogP) is 3.62. The smallest absolute Gasteiger partial charge is 0.407 e. The van der Waals surface area contributed by atoms with E-state index in [1.165, 1.54) is 5.56 Å². The van der Waals surface area contributed by atoms with E-state index < -0.39 is 18.0 Å². The van der Waals surface area contributed by atoms with Crippen LogP contribution in [0.15, 0.2) is 59.7 Å². The van der Waals surface area contributed by atoms with Crippen LogP contribution in [0.25, 0.3) is 0 Å². The van der Waals surface area contributed by atoms with E-state index in [1.54, 1.807) is 13.1 Å². The van der Waals surface area contributed by atoms with Crippen LogP contribution in [0.4, 0.5) is 4.79 Å². The Kier molecular flexibility index (Phi) is 8.21. The molecule has 0 bridgehead atoms. The van der Waals surface area contributed by atoms with Crippen molar-refractivity contribution in [3.8, 4) is 0 Å². The summed E-state index contributed by atoms with van der Waals surface area (Å²) in [5, 5.41) is 6.60. The largest absolute Gasteiger partial charge is 0.450 e. The average molecular weight is 381 g/mol. The van der Waals surface area contributed by atoms with Gasteiger partial charge < -0.3 is 10.1 Å². The fourth-order valence-corrected chi connectivity index (χ4v) is 2.59. The van der Waals surface area contributed by atoms with Crippen LogP contribution >= 0.6 is 0 Å². The van der Waals surface area contributed by atoms with Crippen molar-refractivity contribution in [1.29, 1.82) is 0 Å². The molecule has 2 aromatic rings. The first-order chi connectivity index (χ1) is 13.5. The summed E-state index contributed by atoms with van der Waals surface area (Å²) in [6.45, 7) is 6.20. The third-order valence-corrected chi connectivity index (χ3v) is 4.16. The van der Waals surface area contributed by atoms with Gasteiger partial charge in [0.05, 0.1) is 12.8 Å². The van der Waals surface area contributed by atoms with Crippen LogP contribution in [0.2, 0.25) is 0 Å². The maximum Gasteiger partial charge on any atom is 0.407 e. The fraction of sp³-hybridized carbons (Fsp3) is 0.318. The van der Waals surface area contributed by atoms with Gasteiger partial charge in [0.15, 0.2) is 0 Å². The van der Waals surface area contributed by atoms with Crippen LogP contribution in [0, 0.1) is 0 Å². The summed E-state index contributed by atoms with van der Waals surface area (Å²) in [7, 11) is 0.